The van der Waals surface area contributed by atoms with Crippen LogP contribution in [0.2, 0.25) is 0 Å². The molecule has 3 N–H and O–H groups in total. The minimum atomic E-state index is -1.07. The number of benzene rings is 1. The van der Waals surface area contributed by atoms with Gasteiger partial charge >= 0.3 is 0 Å². The quantitative estimate of drug-likeness (QED) is 0.732. The first-order chi connectivity index (χ1) is 6.06. The maximum Gasteiger partial charge on any atom is 0.131 e. The zero-order valence-electron chi connectivity index (χ0n) is 7.22. The molecule has 0 saturated heterocycles. The zero-order chi connectivity index (χ0) is 10.0. The van der Waals surface area contributed by atoms with Crippen LogP contribution >= 0.6 is 0 Å². The second kappa shape index (κ2) is 3.81. The van der Waals surface area contributed by atoms with Crippen LogP contribution in [0.5, 0.6) is 0 Å². The Labute approximate surface area is 75.0 Å². The van der Waals surface area contributed by atoms with Crippen molar-refractivity contribution in [2.45, 2.75) is 13.0 Å². The van der Waals surface area contributed by atoms with Crippen molar-refractivity contribution in [3.05, 3.63) is 34.9 Å². The summed E-state index contributed by atoms with van der Waals surface area (Å²) in [5.74, 6) is -1.38. The molecule has 2 nitrogen and oxygen atoms in total. The number of hydrogen-bond acceptors (Lipinski definition) is 2. The van der Waals surface area contributed by atoms with E-state index in [2.05, 4.69) is 0 Å². The molecule has 1 atom stereocenters. The van der Waals surface area contributed by atoms with Crippen molar-refractivity contribution in [1.29, 1.82) is 0 Å². The highest BCUT2D eigenvalue weighted by Gasteiger charge is 2.13. The first kappa shape index (κ1) is 10.1. The molecule has 4 heteroatoms. The second-order valence-corrected chi connectivity index (χ2v) is 2.87. The Morgan fingerprint density at radius 2 is 2.00 bits per heavy atom. The van der Waals surface area contributed by atoms with Crippen LogP contribution in [-0.4, -0.2) is 11.7 Å². The molecule has 0 spiro atoms. The molecular weight excluding hydrogens is 176 g/mol. The van der Waals surface area contributed by atoms with Crippen LogP contribution in [0.3, 0.4) is 0 Å². The van der Waals surface area contributed by atoms with Crippen LogP contribution in [0.25, 0.3) is 0 Å². The monoisotopic (exact) mass is 187 g/mol. The molecule has 13 heavy (non-hydrogen) atoms. The molecule has 0 saturated carbocycles. The Bertz CT molecular complexity index is 315. The molecule has 0 aromatic heterocycles. The van der Waals surface area contributed by atoms with E-state index < -0.39 is 17.7 Å². The van der Waals surface area contributed by atoms with E-state index in [1.54, 1.807) is 0 Å². The van der Waals surface area contributed by atoms with Crippen molar-refractivity contribution >= 4 is 0 Å². The van der Waals surface area contributed by atoms with Gasteiger partial charge in [0, 0.05) is 18.2 Å². The number of aliphatic hydroxyl groups is 1. The number of rotatable bonds is 2. The molecule has 1 unspecified atom stereocenters. The van der Waals surface area contributed by atoms with Crippen LogP contribution in [0.15, 0.2) is 12.1 Å². The second-order valence-electron chi connectivity index (χ2n) is 2.87. The highest BCUT2D eigenvalue weighted by Crippen LogP contribution is 2.19. The lowest BCUT2D eigenvalue weighted by atomic mass is 10.1. The Morgan fingerprint density at radius 3 is 2.54 bits per heavy atom. The van der Waals surface area contributed by atoms with Crippen molar-refractivity contribution in [1.82, 2.24) is 0 Å². The van der Waals surface area contributed by atoms with Gasteiger partial charge in [-0.05, 0) is 18.6 Å². The van der Waals surface area contributed by atoms with E-state index in [9.17, 15) is 13.9 Å². The van der Waals surface area contributed by atoms with Crippen LogP contribution in [0, 0.1) is 18.6 Å². The van der Waals surface area contributed by atoms with Gasteiger partial charge in [-0.2, -0.15) is 0 Å². The number of nitrogens with two attached hydrogens (primary N) is 1. The third kappa shape index (κ3) is 2.02. The lowest BCUT2D eigenvalue weighted by molar-refractivity contribution is 0.181. The third-order valence-electron chi connectivity index (χ3n) is 1.86. The van der Waals surface area contributed by atoms with Gasteiger partial charge in [0.05, 0.1) is 6.10 Å². The summed E-state index contributed by atoms with van der Waals surface area (Å²) in [4.78, 5) is 0. The zero-order valence-corrected chi connectivity index (χ0v) is 7.22. The van der Waals surface area contributed by atoms with Crippen molar-refractivity contribution in [2.75, 3.05) is 6.54 Å². The molecule has 0 heterocycles. The summed E-state index contributed by atoms with van der Waals surface area (Å²) in [6.45, 7) is 1.42. The van der Waals surface area contributed by atoms with E-state index in [0.29, 0.717) is 5.56 Å². The molecule has 1 aromatic carbocycles. The van der Waals surface area contributed by atoms with Gasteiger partial charge in [0.1, 0.15) is 11.6 Å². The van der Waals surface area contributed by atoms with E-state index in [0.717, 1.165) is 6.07 Å². The van der Waals surface area contributed by atoms with Gasteiger partial charge in [-0.1, -0.05) is 0 Å². The predicted molar refractivity (Wildman–Crippen MR) is 45.1 cm³/mol. The topological polar surface area (TPSA) is 46.2 Å². The van der Waals surface area contributed by atoms with E-state index >= 15 is 0 Å². The van der Waals surface area contributed by atoms with Gasteiger partial charge in [-0.3, -0.25) is 0 Å². The lowest BCUT2D eigenvalue weighted by Gasteiger charge is -2.10. The standard InChI is InChI=1S/C9H11F2NO/c1-5-2-6(9(13)4-12)8(11)3-7(5)10/h2-3,9,13H,4,12H2,1H3. The number of halogens is 2. The summed E-state index contributed by atoms with van der Waals surface area (Å²) in [6, 6.07) is 2.02. The van der Waals surface area contributed by atoms with Crippen LogP contribution < -0.4 is 5.73 Å². The fourth-order valence-electron chi connectivity index (χ4n) is 1.06. The van der Waals surface area contributed by atoms with Crippen molar-refractivity contribution in [3.8, 4) is 0 Å². The molecule has 0 amide bonds. The van der Waals surface area contributed by atoms with Crippen molar-refractivity contribution < 1.29 is 13.9 Å². The number of aliphatic hydroxyl groups excluding tert-OH is 1. The van der Waals surface area contributed by atoms with Gasteiger partial charge in [0.15, 0.2) is 0 Å². The number of aryl methyl sites for hydroxylation is 1. The normalized spacial score (nSPS) is 13.0. The highest BCUT2D eigenvalue weighted by atomic mass is 19.1. The summed E-state index contributed by atoms with van der Waals surface area (Å²) in [5, 5.41) is 9.24. The Morgan fingerprint density at radius 1 is 1.38 bits per heavy atom. The van der Waals surface area contributed by atoms with Gasteiger partial charge in [0.2, 0.25) is 0 Å². The van der Waals surface area contributed by atoms with E-state index in [-0.39, 0.29) is 12.1 Å². The average Bonchev–Trinajstić information content (AvgIpc) is 2.10. The minimum Gasteiger partial charge on any atom is -0.387 e. The predicted octanol–water partition coefficient (Wildman–Crippen LogP) is 1.27. The fraction of sp³-hybridized carbons (Fsp3) is 0.333. The summed E-state index contributed by atoms with van der Waals surface area (Å²) in [6.07, 6.45) is -1.07. The first-order valence-corrected chi connectivity index (χ1v) is 3.90. The van der Waals surface area contributed by atoms with E-state index in [1.165, 1.54) is 13.0 Å². The molecule has 0 bridgehead atoms. The molecule has 1 rings (SSSR count). The first-order valence-electron chi connectivity index (χ1n) is 3.90. The van der Waals surface area contributed by atoms with Crippen LogP contribution in [-0.2, 0) is 0 Å². The SMILES string of the molecule is Cc1cc(C(O)CN)c(F)cc1F. The highest BCUT2D eigenvalue weighted by molar-refractivity contribution is 5.27. The Balaban J connectivity index is 3.15. The Hall–Kier alpha value is -1.00. The molecule has 1 aromatic rings. The summed E-state index contributed by atoms with van der Waals surface area (Å²) >= 11 is 0. The minimum absolute atomic E-state index is 0.0430. The molecule has 0 fully saturated rings. The largest absolute Gasteiger partial charge is 0.387 e. The average molecular weight is 187 g/mol. The van der Waals surface area contributed by atoms with Crippen molar-refractivity contribution in [2.24, 2.45) is 5.73 Å². The van der Waals surface area contributed by atoms with Crippen molar-refractivity contribution in [3.63, 3.8) is 0 Å². The maximum atomic E-state index is 13.0. The lowest BCUT2D eigenvalue weighted by Crippen LogP contribution is -2.13. The van der Waals surface area contributed by atoms with Gasteiger partial charge in [0.25, 0.3) is 0 Å². The summed E-state index contributed by atoms with van der Waals surface area (Å²) < 4.78 is 25.8. The van der Waals surface area contributed by atoms with Gasteiger partial charge in [-0.15, -0.1) is 0 Å². The molecule has 0 aliphatic carbocycles. The molecule has 72 valence electrons. The molecule has 0 aliphatic heterocycles. The maximum absolute atomic E-state index is 13.0. The molecular formula is C9H11F2NO. The fourth-order valence-corrected chi connectivity index (χ4v) is 1.06. The van der Waals surface area contributed by atoms with Gasteiger partial charge < -0.3 is 10.8 Å². The summed E-state index contributed by atoms with van der Waals surface area (Å²) in [7, 11) is 0. The number of hydrogen-bond donors (Lipinski definition) is 2. The Kier molecular flexibility index (Phi) is 2.95. The van der Waals surface area contributed by atoms with Gasteiger partial charge in [-0.25, -0.2) is 8.78 Å². The smallest absolute Gasteiger partial charge is 0.131 e. The third-order valence-corrected chi connectivity index (χ3v) is 1.86. The molecule has 0 aliphatic rings. The van der Waals surface area contributed by atoms with E-state index in [4.69, 9.17) is 5.73 Å². The van der Waals surface area contributed by atoms with E-state index in [1.807, 2.05) is 0 Å². The molecule has 0 radical (unpaired) electrons. The van der Waals surface area contributed by atoms with Crippen LogP contribution in [0.4, 0.5) is 8.78 Å². The van der Waals surface area contributed by atoms with Crippen LogP contribution in [0.1, 0.15) is 17.2 Å². The summed E-state index contributed by atoms with van der Waals surface area (Å²) in [5.41, 5.74) is 5.49.